The van der Waals surface area contributed by atoms with Gasteiger partial charge in [0.1, 0.15) is 0 Å². The van der Waals surface area contributed by atoms with Crippen LogP contribution in [0.15, 0.2) is 78.0 Å². The van der Waals surface area contributed by atoms with Crippen LogP contribution in [-0.2, 0) is 16.6 Å². The normalized spacial score (nSPS) is 11.1. The zero-order valence-electron chi connectivity index (χ0n) is 13.8. The van der Waals surface area contributed by atoms with Gasteiger partial charge in [-0.25, -0.2) is 8.42 Å². The molecule has 0 aliphatic heterocycles. The van der Waals surface area contributed by atoms with Crippen molar-refractivity contribution in [3.63, 3.8) is 0 Å². The van der Waals surface area contributed by atoms with E-state index in [4.69, 9.17) is 0 Å². The van der Waals surface area contributed by atoms with E-state index in [1.54, 1.807) is 49.6 Å². The Morgan fingerprint density at radius 3 is 2.32 bits per heavy atom. The molecule has 0 fully saturated rings. The summed E-state index contributed by atoms with van der Waals surface area (Å²) in [6, 6.07) is 17.9. The Kier molecular flexibility index (Phi) is 5.00. The van der Waals surface area contributed by atoms with Gasteiger partial charge in [-0.05, 0) is 54.4 Å². The summed E-state index contributed by atoms with van der Waals surface area (Å²) in [7, 11) is -3.59. The average Bonchev–Trinajstić information content (AvgIpc) is 2.62. The summed E-state index contributed by atoms with van der Waals surface area (Å²) in [5.41, 5.74) is 3.22. The van der Waals surface area contributed by atoms with Gasteiger partial charge < -0.3 is 5.32 Å². The first-order valence-corrected chi connectivity index (χ1v) is 9.34. The number of aryl methyl sites for hydroxylation is 1. The predicted octanol–water partition coefficient (Wildman–Crippen LogP) is 3.80. The lowest BCUT2D eigenvalue weighted by atomic mass is 10.2. The Labute approximate surface area is 147 Å². The first-order valence-electron chi connectivity index (χ1n) is 7.86. The van der Waals surface area contributed by atoms with Crippen molar-refractivity contribution >= 4 is 21.4 Å². The van der Waals surface area contributed by atoms with Crippen molar-refractivity contribution < 1.29 is 8.42 Å². The Balaban J connectivity index is 1.67. The molecule has 0 unspecified atom stereocenters. The summed E-state index contributed by atoms with van der Waals surface area (Å²) in [4.78, 5) is 4.36. The van der Waals surface area contributed by atoms with Crippen LogP contribution in [0.3, 0.4) is 0 Å². The van der Waals surface area contributed by atoms with Crippen molar-refractivity contribution in [3.8, 4) is 0 Å². The van der Waals surface area contributed by atoms with Crippen molar-refractivity contribution in [1.82, 2.24) is 4.98 Å². The Bertz CT molecular complexity index is 940. The van der Waals surface area contributed by atoms with Gasteiger partial charge in [0.15, 0.2) is 0 Å². The molecule has 2 N–H and O–H groups in total. The Morgan fingerprint density at radius 2 is 1.64 bits per heavy atom. The lowest BCUT2D eigenvalue weighted by Gasteiger charge is -2.11. The number of rotatable bonds is 6. The van der Waals surface area contributed by atoms with E-state index in [0.717, 1.165) is 11.3 Å². The lowest BCUT2D eigenvalue weighted by molar-refractivity contribution is 0.600. The fourth-order valence-electron chi connectivity index (χ4n) is 2.43. The number of nitrogens with zero attached hydrogens (tertiary/aromatic N) is 1. The summed E-state index contributed by atoms with van der Waals surface area (Å²) in [5, 5.41) is 3.27. The molecule has 0 spiro atoms. The van der Waals surface area contributed by atoms with Crippen LogP contribution in [0.2, 0.25) is 0 Å². The second-order valence-corrected chi connectivity index (χ2v) is 7.31. The van der Waals surface area contributed by atoms with Crippen LogP contribution in [0.5, 0.6) is 0 Å². The van der Waals surface area contributed by atoms with Crippen molar-refractivity contribution in [1.29, 1.82) is 0 Å². The summed E-state index contributed by atoms with van der Waals surface area (Å²) < 4.78 is 27.6. The van der Waals surface area contributed by atoms with E-state index in [1.165, 1.54) is 0 Å². The average molecular weight is 353 g/mol. The Morgan fingerprint density at radius 1 is 0.920 bits per heavy atom. The minimum atomic E-state index is -3.59. The van der Waals surface area contributed by atoms with Gasteiger partial charge in [-0.1, -0.05) is 24.3 Å². The quantitative estimate of drug-likeness (QED) is 0.707. The highest BCUT2D eigenvalue weighted by atomic mass is 32.2. The number of hydrogen-bond acceptors (Lipinski definition) is 4. The number of benzene rings is 2. The molecule has 0 atom stereocenters. The van der Waals surface area contributed by atoms with Gasteiger partial charge in [0, 0.05) is 30.3 Å². The molecule has 0 amide bonds. The molecule has 6 heteroatoms. The van der Waals surface area contributed by atoms with E-state index >= 15 is 0 Å². The number of hydrogen-bond donors (Lipinski definition) is 2. The maximum Gasteiger partial charge on any atom is 0.262 e. The van der Waals surface area contributed by atoms with E-state index in [0.29, 0.717) is 17.8 Å². The highest BCUT2D eigenvalue weighted by Crippen LogP contribution is 2.20. The van der Waals surface area contributed by atoms with Crippen molar-refractivity contribution in [2.75, 3.05) is 10.0 Å². The molecule has 5 nitrogen and oxygen atoms in total. The summed E-state index contributed by atoms with van der Waals surface area (Å²) in [6.45, 7) is 2.43. The van der Waals surface area contributed by atoms with Crippen LogP contribution in [0.4, 0.5) is 11.4 Å². The highest BCUT2D eigenvalue weighted by molar-refractivity contribution is 7.92. The second-order valence-electron chi connectivity index (χ2n) is 5.66. The third-order valence-corrected chi connectivity index (χ3v) is 5.28. The number of anilines is 2. The van der Waals surface area contributed by atoms with Gasteiger partial charge in [-0.3, -0.25) is 9.71 Å². The molecule has 0 saturated carbocycles. The minimum Gasteiger partial charge on any atom is -0.381 e. The molecule has 1 heterocycles. The first-order chi connectivity index (χ1) is 12.0. The predicted molar refractivity (Wildman–Crippen MR) is 100.0 cm³/mol. The molecule has 0 saturated heterocycles. The molecule has 0 aliphatic rings. The van der Waals surface area contributed by atoms with Crippen molar-refractivity contribution in [2.24, 2.45) is 0 Å². The van der Waals surface area contributed by atoms with Gasteiger partial charge in [-0.15, -0.1) is 0 Å². The number of nitrogens with one attached hydrogen (secondary N) is 2. The molecular weight excluding hydrogens is 334 g/mol. The molecular formula is C19H19N3O2S. The van der Waals surface area contributed by atoms with Crippen molar-refractivity contribution in [3.05, 3.63) is 84.2 Å². The molecule has 0 bridgehead atoms. The van der Waals surface area contributed by atoms with Gasteiger partial charge in [0.25, 0.3) is 10.0 Å². The van der Waals surface area contributed by atoms with Crippen LogP contribution < -0.4 is 10.0 Å². The van der Waals surface area contributed by atoms with Crippen molar-refractivity contribution in [2.45, 2.75) is 18.4 Å². The second kappa shape index (κ2) is 7.36. The van der Waals surface area contributed by atoms with E-state index in [1.807, 2.05) is 30.3 Å². The molecule has 2 aromatic carbocycles. The van der Waals surface area contributed by atoms with Gasteiger partial charge in [0.05, 0.1) is 4.90 Å². The third-order valence-electron chi connectivity index (χ3n) is 3.74. The lowest BCUT2D eigenvalue weighted by Crippen LogP contribution is -2.14. The van der Waals surface area contributed by atoms with Crippen LogP contribution in [0, 0.1) is 6.92 Å². The largest absolute Gasteiger partial charge is 0.381 e. The Hall–Kier alpha value is -2.86. The topological polar surface area (TPSA) is 71.1 Å². The zero-order valence-corrected chi connectivity index (χ0v) is 14.6. The summed E-state index contributed by atoms with van der Waals surface area (Å²) in [5.74, 6) is 0. The number of pyridine rings is 1. The zero-order chi connectivity index (χ0) is 17.7. The molecule has 0 aliphatic carbocycles. The number of sulfonamides is 1. The van der Waals surface area contributed by atoms with Crippen LogP contribution >= 0.6 is 0 Å². The van der Waals surface area contributed by atoms with Gasteiger partial charge >= 0.3 is 0 Å². The maximum atomic E-state index is 12.5. The van der Waals surface area contributed by atoms with E-state index < -0.39 is 10.0 Å². The summed E-state index contributed by atoms with van der Waals surface area (Å²) >= 11 is 0. The van der Waals surface area contributed by atoms with Gasteiger partial charge in [0.2, 0.25) is 0 Å². The smallest absolute Gasteiger partial charge is 0.262 e. The fourth-order valence-corrected chi connectivity index (χ4v) is 3.74. The van der Waals surface area contributed by atoms with E-state index in [9.17, 15) is 8.42 Å². The minimum absolute atomic E-state index is 0.286. The highest BCUT2D eigenvalue weighted by Gasteiger charge is 2.16. The SMILES string of the molecule is Cc1ccccc1S(=O)(=O)Nc1ccc(NCc2cccnc2)cc1. The molecule has 0 radical (unpaired) electrons. The molecule has 1 aromatic heterocycles. The van der Waals surface area contributed by atoms with Gasteiger partial charge in [-0.2, -0.15) is 0 Å². The maximum absolute atomic E-state index is 12.5. The molecule has 3 aromatic rings. The molecule has 128 valence electrons. The van der Waals surface area contributed by atoms with Crippen LogP contribution in [0.25, 0.3) is 0 Å². The van der Waals surface area contributed by atoms with Crippen LogP contribution in [0.1, 0.15) is 11.1 Å². The van der Waals surface area contributed by atoms with E-state index in [-0.39, 0.29) is 4.90 Å². The fraction of sp³-hybridized carbons (Fsp3) is 0.105. The number of aromatic nitrogens is 1. The molecule has 25 heavy (non-hydrogen) atoms. The standard InChI is InChI=1S/C19H19N3O2S/c1-15-5-2-3-7-19(15)25(23,24)22-18-10-8-17(9-11-18)21-14-16-6-4-12-20-13-16/h2-13,21-22H,14H2,1H3. The third kappa shape index (κ3) is 4.36. The summed E-state index contributed by atoms with van der Waals surface area (Å²) in [6.07, 6.45) is 3.54. The van der Waals surface area contributed by atoms with Crippen LogP contribution in [-0.4, -0.2) is 13.4 Å². The monoisotopic (exact) mass is 353 g/mol. The first kappa shape index (κ1) is 17.0. The van der Waals surface area contributed by atoms with E-state index in [2.05, 4.69) is 15.0 Å². The molecule has 3 rings (SSSR count).